The van der Waals surface area contributed by atoms with Crippen LogP contribution in [0.1, 0.15) is 25.1 Å². The van der Waals surface area contributed by atoms with Gasteiger partial charge in [0.2, 0.25) is 0 Å². The number of halogens is 1. The average Bonchev–Trinajstić information content (AvgIpc) is 2.98. The fourth-order valence-electron chi connectivity index (χ4n) is 2.95. The molecule has 128 valence electrons. The molecule has 0 aliphatic rings. The Hall–Kier alpha value is -2.88. The lowest BCUT2D eigenvalue weighted by molar-refractivity contribution is 0.159. The predicted octanol–water partition coefficient (Wildman–Crippen LogP) is 5.35. The van der Waals surface area contributed by atoms with Crippen molar-refractivity contribution in [2.45, 2.75) is 20.8 Å². The van der Waals surface area contributed by atoms with Crippen LogP contribution in [0.4, 0.5) is 4.39 Å². The molecule has 1 aromatic heterocycles. The summed E-state index contributed by atoms with van der Waals surface area (Å²) in [6.45, 7) is 6.35. The van der Waals surface area contributed by atoms with Crippen molar-refractivity contribution in [1.82, 2.24) is 4.57 Å². The van der Waals surface area contributed by atoms with E-state index >= 15 is 0 Å². The van der Waals surface area contributed by atoms with Crippen LogP contribution >= 0.6 is 0 Å². The van der Waals surface area contributed by atoms with Gasteiger partial charge in [0, 0.05) is 16.9 Å². The van der Waals surface area contributed by atoms with Gasteiger partial charge in [-0.25, -0.2) is 4.39 Å². The number of nitrogens with zero attached hydrogens (tertiary/aromatic N) is 2. The van der Waals surface area contributed by atoms with Crippen LogP contribution in [0.15, 0.2) is 65.8 Å². The van der Waals surface area contributed by atoms with Gasteiger partial charge in [-0.15, -0.1) is 0 Å². The van der Waals surface area contributed by atoms with E-state index in [-0.39, 0.29) is 5.82 Å². The third-order valence-electron chi connectivity index (χ3n) is 4.10. The summed E-state index contributed by atoms with van der Waals surface area (Å²) < 4.78 is 15.8. The van der Waals surface area contributed by atoms with E-state index < -0.39 is 0 Å². The van der Waals surface area contributed by atoms with E-state index in [2.05, 4.69) is 15.8 Å². The van der Waals surface area contributed by atoms with Crippen molar-refractivity contribution in [1.29, 1.82) is 0 Å². The quantitative estimate of drug-likeness (QED) is 0.455. The molecule has 0 radical (unpaired) electrons. The molecule has 0 fully saturated rings. The lowest BCUT2D eigenvalue weighted by Crippen LogP contribution is -2.02. The molecular weight excluding hydrogens is 315 g/mol. The molecule has 0 saturated carbocycles. The van der Waals surface area contributed by atoms with Crippen molar-refractivity contribution in [2.24, 2.45) is 5.16 Å². The molecule has 4 heteroatoms. The lowest BCUT2D eigenvalue weighted by Gasteiger charge is -2.12. The van der Waals surface area contributed by atoms with Gasteiger partial charge < -0.3 is 9.40 Å². The van der Waals surface area contributed by atoms with Crippen molar-refractivity contribution < 1.29 is 9.23 Å². The monoisotopic (exact) mass is 336 g/mol. The molecule has 0 amide bonds. The van der Waals surface area contributed by atoms with E-state index in [0.717, 1.165) is 33.9 Å². The third kappa shape index (κ3) is 3.48. The van der Waals surface area contributed by atoms with Gasteiger partial charge in [0.15, 0.2) is 0 Å². The Morgan fingerprint density at radius 2 is 1.84 bits per heavy atom. The summed E-state index contributed by atoms with van der Waals surface area (Å²) in [5.74, 6) is -0.258. The fraction of sp³-hybridized carbons (Fsp3) is 0.190. The Morgan fingerprint density at radius 1 is 1.08 bits per heavy atom. The first-order valence-corrected chi connectivity index (χ1v) is 8.32. The van der Waals surface area contributed by atoms with Gasteiger partial charge in [-0.3, -0.25) is 0 Å². The Labute approximate surface area is 147 Å². The molecular formula is C21H21FN2O. The Morgan fingerprint density at radius 3 is 2.52 bits per heavy atom. The first-order chi connectivity index (χ1) is 12.1. The zero-order valence-corrected chi connectivity index (χ0v) is 14.7. The lowest BCUT2D eigenvalue weighted by atomic mass is 10.1. The second kappa shape index (κ2) is 7.34. The SMILES string of the molecule is CCO/N=C(\C)c1cc(-c2ccccc2)n(-c2cccc(F)c2)c1C. The molecule has 1 heterocycles. The van der Waals surface area contributed by atoms with Crippen molar-refractivity contribution in [3.8, 4) is 16.9 Å². The van der Waals surface area contributed by atoms with Crippen LogP contribution < -0.4 is 0 Å². The minimum atomic E-state index is -0.258. The second-order valence-corrected chi connectivity index (χ2v) is 5.80. The van der Waals surface area contributed by atoms with Crippen molar-refractivity contribution in [3.05, 3.63) is 77.7 Å². The third-order valence-corrected chi connectivity index (χ3v) is 4.10. The maximum absolute atomic E-state index is 13.8. The second-order valence-electron chi connectivity index (χ2n) is 5.80. The highest BCUT2D eigenvalue weighted by Crippen LogP contribution is 2.30. The van der Waals surface area contributed by atoms with Crippen LogP contribution in [0.3, 0.4) is 0 Å². The molecule has 0 aliphatic heterocycles. The van der Waals surface area contributed by atoms with Gasteiger partial charge in [-0.1, -0.05) is 41.6 Å². The Kier molecular flexibility index (Phi) is 4.98. The molecule has 0 saturated heterocycles. The van der Waals surface area contributed by atoms with E-state index in [1.807, 2.05) is 57.2 Å². The number of hydrogen-bond acceptors (Lipinski definition) is 2. The zero-order chi connectivity index (χ0) is 17.8. The molecule has 3 rings (SSSR count). The van der Waals surface area contributed by atoms with Crippen LogP contribution in [0.5, 0.6) is 0 Å². The minimum Gasteiger partial charge on any atom is -0.396 e. The van der Waals surface area contributed by atoms with Crippen molar-refractivity contribution >= 4 is 5.71 Å². The molecule has 0 bridgehead atoms. The summed E-state index contributed by atoms with van der Waals surface area (Å²) in [4.78, 5) is 5.20. The maximum atomic E-state index is 13.8. The highest BCUT2D eigenvalue weighted by Gasteiger charge is 2.17. The number of aromatic nitrogens is 1. The average molecular weight is 336 g/mol. The van der Waals surface area contributed by atoms with E-state index in [0.29, 0.717) is 6.61 Å². The topological polar surface area (TPSA) is 26.5 Å². The number of rotatable bonds is 5. The van der Waals surface area contributed by atoms with E-state index in [4.69, 9.17) is 4.84 Å². The first kappa shape index (κ1) is 17.0. The minimum absolute atomic E-state index is 0.258. The predicted molar refractivity (Wildman–Crippen MR) is 99.7 cm³/mol. The molecule has 2 aromatic carbocycles. The van der Waals surface area contributed by atoms with Crippen LogP contribution in [-0.4, -0.2) is 16.9 Å². The van der Waals surface area contributed by atoms with Crippen LogP contribution in [-0.2, 0) is 4.84 Å². The van der Waals surface area contributed by atoms with Gasteiger partial charge in [-0.05, 0) is 50.6 Å². The summed E-state index contributed by atoms with van der Waals surface area (Å²) in [5.41, 5.74) is 5.61. The summed E-state index contributed by atoms with van der Waals surface area (Å²) in [7, 11) is 0. The Balaban J connectivity index is 2.23. The molecule has 0 spiro atoms. The largest absolute Gasteiger partial charge is 0.396 e. The molecule has 3 aromatic rings. The smallest absolute Gasteiger partial charge is 0.125 e. The van der Waals surface area contributed by atoms with Crippen molar-refractivity contribution in [3.63, 3.8) is 0 Å². The Bertz CT molecular complexity index is 898. The molecule has 0 atom stereocenters. The first-order valence-electron chi connectivity index (χ1n) is 8.32. The van der Waals surface area contributed by atoms with Gasteiger partial charge >= 0.3 is 0 Å². The van der Waals surface area contributed by atoms with Gasteiger partial charge in [0.25, 0.3) is 0 Å². The summed E-state index contributed by atoms with van der Waals surface area (Å²) >= 11 is 0. The summed E-state index contributed by atoms with van der Waals surface area (Å²) in [6, 6.07) is 18.8. The number of oxime groups is 1. The standard InChI is InChI=1S/C21H21FN2O/c1-4-25-23-15(2)20-14-21(17-9-6-5-7-10-17)24(16(20)3)19-12-8-11-18(22)13-19/h5-14H,4H2,1-3H3/b23-15+. The van der Waals surface area contributed by atoms with Crippen molar-refractivity contribution in [2.75, 3.05) is 6.61 Å². The zero-order valence-electron chi connectivity index (χ0n) is 14.7. The fourth-order valence-corrected chi connectivity index (χ4v) is 2.95. The van der Waals surface area contributed by atoms with Gasteiger partial charge in [-0.2, -0.15) is 0 Å². The normalized spacial score (nSPS) is 11.6. The molecule has 3 nitrogen and oxygen atoms in total. The summed E-state index contributed by atoms with van der Waals surface area (Å²) in [6.07, 6.45) is 0. The van der Waals surface area contributed by atoms with E-state index in [1.165, 1.54) is 12.1 Å². The number of benzene rings is 2. The van der Waals surface area contributed by atoms with Gasteiger partial charge in [0.05, 0.1) is 11.4 Å². The highest BCUT2D eigenvalue weighted by molar-refractivity contribution is 6.01. The van der Waals surface area contributed by atoms with E-state index in [9.17, 15) is 4.39 Å². The molecule has 0 unspecified atom stereocenters. The molecule has 0 aliphatic carbocycles. The summed E-state index contributed by atoms with van der Waals surface area (Å²) in [5, 5.41) is 4.16. The number of hydrogen-bond donors (Lipinski definition) is 0. The highest BCUT2D eigenvalue weighted by atomic mass is 19.1. The van der Waals surface area contributed by atoms with Crippen LogP contribution in [0, 0.1) is 12.7 Å². The van der Waals surface area contributed by atoms with Crippen LogP contribution in [0.25, 0.3) is 16.9 Å². The maximum Gasteiger partial charge on any atom is 0.125 e. The van der Waals surface area contributed by atoms with Crippen LogP contribution in [0.2, 0.25) is 0 Å². The van der Waals surface area contributed by atoms with Gasteiger partial charge in [0.1, 0.15) is 12.4 Å². The van der Waals surface area contributed by atoms with E-state index in [1.54, 1.807) is 6.07 Å². The molecule has 25 heavy (non-hydrogen) atoms. The molecule has 0 N–H and O–H groups in total.